The monoisotopic (exact) mass is 381 g/mol. The molecular weight excluding hydrogens is 358 g/mol. The molecule has 0 aliphatic carbocycles. The average Bonchev–Trinajstić information content (AvgIpc) is 2.73. The highest BCUT2D eigenvalue weighted by Gasteiger charge is 2.19. The van der Waals surface area contributed by atoms with Crippen molar-refractivity contribution in [3.8, 4) is 6.07 Å². The van der Waals surface area contributed by atoms with Gasteiger partial charge in [0.05, 0.1) is 6.04 Å². The first-order chi connectivity index (χ1) is 14.1. The van der Waals surface area contributed by atoms with Crippen molar-refractivity contribution in [1.82, 2.24) is 5.32 Å². The van der Waals surface area contributed by atoms with Crippen LogP contribution in [0.3, 0.4) is 0 Å². The van der Waals surface area contributed by atoms with E-state index in [2.05, 4.69) is 16.7 Å². The normalized spacial score (nSPS) is 11.0. The summed E-state index contributed by atoms with van der Waals surface area (Å²) in [6, 6.07) is 27.1. The summed E-state index contributed by atoms with van der Waals surface area (Å²) in [6.07, 6.45) is 1.45. The van der Waals surface area contributed by atoms with E-state index in [1.807, 2.05) is 92.7 Å². The summed E-state index contributed by atoms with van der Waals surface area (Å²) in [5.41, 5.74) is 4.97. The number of carbonyl (C=O) groups is 1. The summed E-state index contributed by atoms with van der Waals surface area (Å²) in [6.45, 7) is 4.01. The van der Waals surface area contributed by atoms with Gasteiger partial charge in [-0.1, -0.05) is 66.7 Å². The predicted molar refractivity (Wildman–Crippen MR) is 116 cm³/mol. The van der Waals surface area contributed by atoms with Crippen molar-refractivity contribution in [1.29, 1.82) is 5.26 Å². The van der Waals surface area contributed by atoms with Crippen molar-refractivity contribution in [3.63, 3.8) is 0 Å². The Labute approximate surface area is 171 Å². The van der Waals surface area contributed by atoms with Crippen molar-refractivity contribution in [2.24, 2.45) is 0 Å². The van der Waals surface area contributed by atoms with Crippen LogP contribution in [-0.4, -0.2) is 5.91 Å². The second-order valence-electron chi connectivity index (χ2n) is 6.92. The highest BCUT2D eigenvalue weighted by Crippen LogP contribution is 2.22. The Hall–Kier alpha value is -3.84. The number of nitrogens with zero attached hydrogens (tertiary/aromatic N) is 1. The molecule has 144 valence electrons. The number of hydrogen-bond donors (Lipinski definition) is 2. The first-order valence-electron chi connectivity index (χ1n) is 9.42. The van der Waals surface area contributed by atoms with E-state index in [4.69, 9.17) is 0 Å². The lowest BCUT2D eigenvalue weighted by Crippen LogP contribution is -2.30. The van der Waals surface area contributed by atoms with Gasteiger partial charge in [0.2, 0.25) is 0 Å². The van der Waals surface area contributed by atoms with Crippen LogP contribution in [0.2, 0.25) is 0 Å². The molecule has 0 aliphatic rings. The van der Waals surface area contributed by atoms with E-state index in [9.17, 15) is 10.1 Å². The molecule has 0 aliphatic heterocycles. The van der Waals surface area contributed by atoms with Crippen LogP contribution in [0.15, 0.2) is 90.6 Å². The third-order valence-corrected chi connectivity index (χ3v) is 4.51. The Morgan fingerprint density at radius 1 is 0.897 bits per heavy atom. The Kier molecular flexibility index (Phi) is 6.44. The molecule has 0 atom stereocenters. The van der Waals surface area contributed by atoms with Crippen LogP contribution >= 0.6 is 0 Å². The molecule has 0 unspecified atom stereocenters. The van der Waals surface area contributed by atoms with E-state index in [1.165, 1.54) is 6.20 Å². The Bertz CT molecular complexity index is 991. The van der Waals surface area contributed by atoms with E-state index >= 15 is 0 Å². The minimum atomic E-state index is -0.429. The maximum Gasteiger partial charge on any atom is 0.264 e. The first kappa shape index (κ1) is 19.9. The third kappa shape index (κ3) is 5.33. The summed E-state index contributed by atoms with van der Waals surface area (Å²) >= 11 is 0. The molecule has 4 heteroatoms. The van der Waals surface area contributed by atoms with Gasteiger partial charge >= 0.3 is 0 Å². The van der Waals surface area contributed by atoms with Gasteiger partial charge in [0.15, 0.2) is 0 Å². The topological polar surface area (TPSA) is 64.9 Å². The molecule has 0 saturated carbocycles. The van der Waals surface area contributed by atoms with Crippen molar-refractivity contribution in [2.45, 2.75) is 19.9 Å². The number of benzene rings is 3. The van der Waals surface area contributed by atoms with Crippen molar-refractivity contribution >= 4 is 11.6 Å². The van der Waals surface area contributed by atoms with Crippen LogP contribution in [0.25, 0.3) is 0 Å². The second kappa shape index (κ2) is 9.38. The van der Waals surface area contributed by atoms with Gasteiger partial charge in [-0.3, -0.25) is 4.79 Å². The lowest BCUT2D eigenvalue weighted by molar-refractivity contribution is -0.117. The summed E-state index contributed by atoms with van der Waals surface area (Å²) in [5.74, 6) is -0.429. The molecule has 0 heterocycles. The predicted octanol–water partition coefficient (Wildman–Crippen LogP) is 5.03. The molecule has 0 spiro atoms. The third-order valence-electron chi connectivity index (χ3n) is 4.51. The standard InChI is InChI=1S/C25H23N3O/c1-18-13-19(2)15-23(14-18)27-17-22(16-26)25(29)28-24(20-9-5-3-6-10-20)21-11-7-4-8-12-21/h3-15,17,24,27H,1-2H3,(H,28,29)/b22-17-. The molecule has 3 aromatic rings. The van der Waals surface area contributed by atoms with Gasteiger partial charge in [0, 0.05) is 11.9 Å². The molecule has 2 N–H and O–H groups in total. The van der Waals surface area contributed by atoms with E-state index in [-0.39, 0.29) is 11.6 Å². The fourth-order valence-corrected chi connectivity index (χ4v) is 3.22. The second-order valence-corrected chi connectivity index (χ2v) is 6.92. The van der Waals surface area contributed by atoms with Crippen LogP contribution in [0.5, 0.6) is 0 Å². The zero-order chi connectivity index (χ0) is 20.6. The van der Waals surface area contributed by atoms with Crippen LogP contribution in [0.1, 0.15) is 28.3 Å². The van der Waals surface area contributed by atoms with Crippen LogP contribution in [-0.2, 0) is 4.79 Å². The summed E-state index contributed by atoms with van der Waals surface area (Å²) in [5, 5.41) is 15.6. The highest BCUT2D eigenvalue weighted by molar-refractivity contribution is 5.98. The minimum absolute atomic E-state index is 0.0148. The molecular formula is C25H23N3O. The zero-order valence-electron chi connectivity index (χ0n) is 16.5. The quantitative estimate of drug-likeness (QED) is 0.465. The number of amides is 1. The molecule has 4 nitrogen and oxygen atoms in total. The molecule has 1 amide bonds. The first-order valence-corrected chi connectivity index (χ1v) is 9.42. The summed E-state index contributed by atoms with van der Waals surface area (Å²) in [4.78, 5) is 12.8. The van der Waals surface area contributed by atoms with E-state index in [0.717, 1.165) is 27.9 Å². The fourth-order valence-electron chi connectivity index (χ4n) is 3.22. The van der Waals surface area contributed by atoms with Crippen molar-refractivity contribution in [2.75, 3.05) is 5.32 Å². The van der Waals surface area contributed by atoms with Gasteiger partial charge in [-0.05, 0) is 48.2 Å². The maximum atomic E-state index is 12.8. The van der Waals surface area contributed by atoms with Gasteiger partial charge < -0.3 is 10.6 Å². The maximum absolute atomic E-state index is 12.8. The van der Waals surface area contributed by atoms with Gasteiger partial charge in [-0.2, -0.15) is 5.26 Å². The molecule has 3 rings (SSSR count). The van der Waals surface area contributed by atoms with E-state index < -0.39 is 5.91 Å². The number of hydrogen-bond acceptors (Lipinski definition) is 3. The van der Waals surface area contributed by atoms with Gasteiger partial charge in [0.1, 0.15) is 11.6 Å². The minimum Gasteiger partial charge on any atom is -0.360 e. The number of nitriles is 1. The number of aryl methyl sites for hydroxylation is 2. The molecule has 0 aromatic heterocycles. The lowest BCUT2D eigenvalue weighted by Gasteiger charge is -2.19. The number of carbonyl (C=O) groups excluding carboxylic acids is 1. The molecule has 0 fully saturated rings. The van der Waals surface area contributed by atoms with Crippen LogP contribution < -0.4 is 10.6 Å². The molecule has 29 heavy (non-hydrogen) atoms. The van der Waals surface area contributed by atoms with Crippen LogP contribution in [0.4, 0.5) is 5.69 Å². The fraction of sp³-hybridized carbons (Fsp3) is 0.120. The Balaban J connectivity index is 1.83. The van der Waals surface area contributed by atoms with Crippen molar-refractivity contribution < 1.29 is 4.79 Å². The van der Waals surface area contributed by atoms with E-state index in [1.54, 1.807) is 0 Å². The number of nitrogens with one attached hydrogen (secondary N) is 2. The summed E-state index contributed by atoms with van der Waals surface area (Å²) < 4.78 is 0. The zero-order valence-corrected chi connectivity index (χ0v) is 16.5. The molecule has 0 saturated heterocycles. The smallest absolute Gasteiger partial charge is 0.264 e. The van der Waals surface area contributed by atoms with Gasteiger partial charge in [-0.25, -0.2) is 0 Å². The molecule has 0 radical (unpaired) electrons. The number of anilines is 1. The van der Waals surface area contributed by atoms with Crippen molar-refractivity contribution in [3.05, 3.63) is 113 Å². The molecule has 3 aromatic carbocycles. The van der Waals surface area contributed by atoms with E-state index in [0.29, 0.717) is 0 Å². The lowest BCUT2D eigenvalue weighted by atomic mass is 9.98. The highest BCUT2D eigenvalue weighted by atomic mass is 16.1. The Morgan fingerprint density at radius 2 is 1.41 bits per heavy atom. The summed E-state index contributed by atoms with van der Waals surface area (Å²) in [7, 11) is 0. The number of rotatable bonds is 6. The van der Waals surface area contributed by atoms with Gasteiger partial charge in [-0.15, -0.1) is 0 Å². The molecule has 0 bridgehead atoms. The average molecular weight is 381 g/mol. The SMILES string of the molecule is Cc1cc(C)cc(N/C=C(/C#N)C(=O)NC(c2ccccc2)c2ccccc2)c1. The van der Waals surface area contributed by atoms with Gasteiger partial charge in [0.25, 0.3) is 5.91 Å². The largest absolute Gasteiger partial charge is 0.360 e. The van der Waals surface area contributed by atoms with Crippen LogP contribution in [0, 0.1) is 25.2 Å². The Morgan fingerprint density at radius 3 is 1.90 bits per heavy atom.